The lowest BCUT2D eigenvalue weighted by molar-refractivity contribution is -0.389. The standard InChI is InChI=1S/C29H49NO20/c1-5-6-43-28-23(17(37)13(33)8(2)44-28)50-29-24(18(38)14(34)9(3)45-29)49-26-12(30-10(4)32)21(15(35)11(7-31)46-26)47-27-20(40)16(36)19(39)22(48-27)25(41)42/h8-9,11-24,26-29,31,33-40H,5-7H2,1-4H3,(H,30,32)(H,41,42)/t8?,9?,11?,12?,13-,14-,15-,16-,17-,18-,19+,20?,21+,22?,23?,24?,26-,27+,28+,29-/m0/s1. The van der Waals surface area contributed by atoms with Crippen molar-refractivity contribution < 1.29 is 98.5 Å². The number of carbonyl (C=O) groups is 2. The fourth-order valence-corrected chi connectivity index (χ4v) is 6.14. The Labute approximate surface area is 286 Å². The van der Waals surface area contributed by atoms with Crippen LogP contribution < -0.4 is 5.32 Å². The second-order valence-electron chi connectivity index (χ2n) is 12.7. The molecule has 21 heteroatoms. The maximum Gasteiger partial charge on any atom is 0.335 e. The lowest BCUT2D eigenvalue weighted by atomic mass is 9.94. The van der Waals surface area contributed by atoms with Gasteiger partial charge in [0.25, 0.3) is 0 Å². The van der Waals surface area contributed by atoms with Crippen molar-refractivity contribution in [3.63, 3.8) is 0 Å². The summed E-state index contributed by atoms with van der Waals surface area (Å²) in [5.74, 6) is -2.48. The molecule has 8 unspecified atom stereocenters. The summed E-state index contributed by atoms with van der Waals surface area (Å²) in [5, 5.41) is 107. The number of aliphatic hydroxyl groups excluding tert-OH is 9. The number of hydrogen-bond donors (Lipinski definition) is 11. The second kappa shape index (κ2) is 17.4. The summed E-state index contributed by atoms with van der Waals surface area (Å²) in [6.07, 6.45) is -31.3. The van der Waals surface area contributed by atoms with Gasteiger partial charge in [-0.15, -0.1) is 0 Å². The van der Waals surface area contributed by atoms with Crippen molar-refractivity contribution in [3.05, 3.63) is 0 Å². The molecule has 0 radical (unpaired) electrons. The van der Waals surface area contributed by atoms with E-state index >= 15 is 0 Å². The molecule has 0 aromatic heterocycles. The lowest BCUT2D eigenvalue weighted by Crippen LogP contribution is -2.70. The summed E-state index contributed by atoms with van der Waals surface area (Å²) < 4.78 is 45.9. The van der Waals surface area contributed by atoms with Crippen LogP contribution in [0.1, 0.15) is 34.1 Å². The van der Waals surface area contributed by atoms with Crippen molar-refractivity contribution >= 4 is 11.9 Å². The topological polar surface area (TPSA) is 322 Å². The second-order valence-corrected chi connectivity index (χ2v) is 12.7. The zero-order chi connectivity index (χ0) is 37.2. The molecule has 4 rings (SSSR count). The molecule has 11 N–H and O–H groups in total. The normalized spacial score (nSPS) is 48.6. The smallest absolute Gasteiger partial charge is 0.335 e. The van der Waals surface area contributed by atoms with Crippen molar-refractivity contribution in [2.75, 3.05) is 13.2 Å². The van der Waals surface area contributed by atoms with E-state index in [-0.39, 0.29) is 6.61 Å². The van der Waals surface area contributed by atoms with Gasteiger partial charge in [0.2, 0.25) is 5.91 Å². The number of amides is 1. The van der Waals surface area contributed by atoms with E-state index in [2.05, 4.69) is 5.32 Å². The third-order valence-corrected chi connectivity index (χ3v) is 8.97. The van der Waals surface area contributed by atoms with Gasteiger partial charge in [-0.05, 0) is 20.3 Å². The molecule has 4 fully saturated rings. The van der Waals surface area contributed by atoms with Crippen molar-refractivity contribution in [2.45, 2.75) is 157 Å². The first-order valence-corrected chi connectivity index (χ1v) is 16.3. The van der Waals surface area contributed by atoms with Gasteiger partial charge in [-0.1, -0.05) is 6.92 Å². The molecule has 0 aromatic rings. The molecule has 0 bridgehead atoms. The fourth-order valence-electron chi connectivity index (χ4n) is 6.14. The molecule has 0 saturated carbocycles. The Morgan fingerprint density at radius 3 is 1.72 bits per heavy atom. The van der Waals surface area contributed by atoms with Gasteiger partial charge in [0.15, 0.2) is 31.3 Å². The van der Waals surface area contributed by atoms with Gasteiger partial charge in [-0.2, -0.15) is 0 Å². The van der Waals surface area contributed by atoms with Crippen LogP contribution in [0.5, 0.6) is 0 Å². The third-order valence-electron chi connectivity index (χ3n) is 8.97. The van der Waals surface area contributed by atoms with Gasteiger partial charge in [0.1, 0.15) is 79.3 Å². The van der Waals surface area contributed by atoms with Crippen LogP contribution in [-0.4, -0.2) is 199 Å². The number of carboxylic acids is 1. The van der Waals surface area contributed by atoms with Gasteiger partial charge in [0.05, 0.1) is 18.8 Å². The Morgan fingerprint density at radius 2 is 1.18 bits per heavy atom. The number of carbonyl (C=O) groups excluding carboxylic acids is 1. The van der Waals surface area contributed by atoms with E-state index in [1.807, 2.05) is 6.92 Å². The van der Waals surface area contributed by atoms with Gasteiger partial charge in [0, 0.05) is 13.5 Å². The number of hydrogen-bond acceptors (Lipinski definition) is 19. The van der Waals surface area contributed by atoms with Crippen molar-refractivity contribution in [3.8, 4) is 0 Å². The summed E-state index contributed by atoms with van der Waals surface area (Å²) >= 11 is 0. The average molecular weight is 732 g/mol. The zero-order valence-corrected chi connectivity index (χ0v) is 27.7. The predicted molar refractivity (Wildman–Crippen MR) is 157 cm³/mol. The molecule has 4 heterocycles. The molecule has 4 aliphatic heterocycles. The van der Waals surface area contributed by atoms with E-state index in [0.717, 1.165) is 6.92 Å². The molecule has 1 amide bonds. The van der Waals surface area contributed by atoms with Crippen LogP contribution in [0, 0.1) is 0 Å². The fraction of sp³-hybridized carbons (Fsp3) is 0.931. The van der Waals surface area contributed by atoms with Crippen molar-refractivity contribution in [1.82, 2.24) is 5.32 Å². The number of carboxylic acid groups (broad SMARTS) is 1. The molecule has 21 nitrogen and oxygen atoms in total. The predicted octanol–water partition coefficient (Wildman–Crippen LogP) is -6.02. The highest BCUT2D eigenvalue weighted by atomic mass is 16.8. The van der Waals surface area contributed by atoms with E-state index < -0.39 is 141 Å². The van der Waals surface area contributed by atoms with Crippen LogP contribution in [0.3, 0.4) is 0 Å². The van der Waals surface area contributed by atoms with E-state index in [9.17, 15) is 60.7 Å². The maximum atomic E-state index is 12.4. The summed E-state index contributed by atoms with van der Waals surface area (Å²) in [4.78, 5) is 24.0. The highest BCUT2D eigenvalue weighted by Gasteiger charge is 2.56. The number of rotatable bonds is 12. The molecule has 0 spiro atoms. The molecule has 4 saturated heterocycles. The number of ether oxygens (including phenoxy) is 8. The van der Waals surface area contributed by atoms with Gasteiger partial charge in [-0.3, -0.25) is 4.79 Å². The van der Waals surface area contributed by atoms with Gasteiger partial charge >= 0.3 is 5.97 Å². The number of aliphatic carboxylic acids is 1. The largest absolute Gasteiger partial charge is 0.479 e. The maximum absolute atomic E-state index is 12.4. The molecular formula is C29H49NO20. The van der Waals surface area contributed by atoms with E-state index in [1.54, 1.807) is 0 Å². The minimum absolute atomic E-state index is 0.173. The summed E-state index contributed by atoms with van der Waals surface area (Å²) in [6, 6.07) is -1.62. The Morgan fingerprint density at radius 1 is 0.640 bits per heavy atom. The molecule has 4 aliphatic rings. The van der Waals surface area contributed by atoms with Crippen LogP contribution in [0.4, 0.5) is 0 Å². The van der Waals surface area contributed by atoms with E-state index in [1.165, 1.54) is 13.8 Å². The molecule has 0 aliphatic carbocycles. The monoisotopic (exact) mass is 731 g/mol. The summed E-state index contributed by atoms with van der Waals surface area (Å²) in [5.41, 5.74) is 0. The quantitative estimate of drug-likeness (QED) is 0.0890. The molecule has 0 aromatic carbocycles. The summed E-state index contributed by atoms with van der Waals surface area (Å²) in [6.45, 7) is 5.07. The molecule has 290 valence electrons. The highest BCUT2D eigenvalue weighted by molar-refractivity contribution is 5.73. The van der Waals surface area contributed by atoms with Crippen LogP contribution in [-0.2, 0) is 47.5 Å². The SMILES string of the molecule is CCCO[C@@H]1OC(C)[C@H](O)[C@H](O)C1O[C@@H]1OC(C)[C@H](O)[C@H](O)C1O[C@@H]1OC(CO)[C@H](O)[C@H](O[C@@H]2OC(C(=O)O)[C@H](O)[C@H](O)C2O)C1NC(C)=O. The Hall–Kier alpha value is -1.74. The number of nitrogens with one attached hydrogen (secondary N) is 1. The first-order valence-electron chi connectivity index (χ1n) is 16.3. The van der Waals surface area contributed by atoms with Gasteiger partial charge in [-0.25, -0.2) is 4.79 Å². The Bertz CT molecular complexity index is 1120. The lowest BCUT2D eigenvalue weighted by Gasteiger charge is -2.50. The van der Waals surface area contributed by atoms with Crippen LogP contribution in [0.15, 0.2) is 0 Å². The summed E-state index contributed by atoms with van der Waals surface area (Å²) in [7, 11) is 0. The van der Waals surface area contributed by atoms with Crippen LogP contribution in [0.25, 0.3) is 0 Å². The van der Waals surface area contributed by atoms with E-state index in [4.69, 9.17) is 37.9 Å². The first kappa shape index (κ1) is 41.0. The van der Waals surface area contributed by atoms with Crippen LogP contribution in [0.2, 0.25) is 0 Å². The third kappa shape index (κ3) is 8.72. The van der Waals surface area contributed by atoms with Crippen molar-refractivity contribution in [1.29, 1.82) is 0 Å². The minimum atomic E-state index is -2.09. The zero-order valence-electron chi connectivity index (χ0n) is 27.7. The average Bonchev–Trinajstić information content (AvgIpc) is 3.06. The van der Waals surface area contributed by atoms with E-state index in [0.29, 0.717) is 6.42 Å². The van der Waals surface area contributed by atoms with Crippen LogP contribution >= 0.6 is 0 Å². The molecule has 50 heavy (non-hydrogen) atoms. The molecular weight excluding hydrogens is 682 g/mol. The number of aliphatic hydroxyl groups is 9. The van der Waals surface area contributed by atoms with Crippen molar-refractivity contribution in [2.24, 2.45) is 0 Å². The Kier molecular flexibility index (Phi) is 14.3. The van der Waals surface area contributed by atoms with Gasteiger partial charge < -0.3 is 94.3 Å². The highest BCUT2D eigenvalue weighted by Crippen LogP contribution is 2.35. The first-order chi connectivity index (χ1) is 23.5. The minimum Gasteiger partial charge on any atom is -0.479 e. The molecule has 20 atom stereocenters. The Balaban J connectivity index is 1.65.